The summed E-state index contributed by atoms with van der Waals surface area (Å²) in [5, 5.41) is 27.7. The molecular formula is C35H40N8O9. The van der Waals surface area contributed by atoms with Crippen molar-refractivity contribution < 1.29 is 43.8 Å². The first kappa shape index (κ1) is 37.0. The van der Waals surface area contributed by atoms with Gasteiger partial charge in [-0.3, -0.25) is 28.8 Å². The third-order valence-corrected chi connectivity index (χ3v) is 9.04. The monoisotopic (exact) mass is 716 g/mol. The summed E-state index contributed by atoms with van der Waals surface area (Å²) in [7, 11) is 0. The standard InChI is InChI=1S/C35H40N8O9/c36-22(12-18-16-38-23-8-3-1-6-20(18)23)31(47)41-26(14-29(37)44)34(50)43-11-5-10-28(43)33(49)40-25(32(48)42-27(35(51)52)15-30(45)46)13-19-17-39-24-9-4-2-7-21(19)24/h1-4,6-9,16-17,22,25-28,38-39H,5,10-15,36H2,(H2,37,44)(H,40,49)(H,41,47)(H,42,48)(H,45,46)(H,51,52)/t22-,25-,26-,27-,28-/m0/s1. The SMILES string of the molecule is NC(=O)C[C@H](NC(=O)[C@@H](N)Cc1c[nH]c2ccccc12)C(=O)N1CCC[C@H]1C(=O)N[C@@H](Cc1c[nH]c2ccccc12)C(=O)N[C@@H](CC(=O)O)C(=O)O. The Morgan fingerprint density at radius 2 is 1.35 bits per heavy atom. The highest BCUT2D eigenvalue weighted by Gasteiger charge is 2.40. The van der Waals surface area contributed by atoms with E-state index in [1.54, 1.807) is 36.7 Å². The van der Waals surface area contributed by atoms with Crippen LogP contribution in [0.1, 0.15) is 36.8 Å². The van der Waals surface area contributed by atoms with E-state index in [9.17, 15) is 43.8 Å². The number of hydrogen-bond donors (Lipinski definition) is 9. The molecule has 17 nitrogen and oxygen atoms in total. The van der Waals surface area contributed by atoms with Crippen LogP contribution in [0.3, 0.4) is 0 Å². The highest BCUT2D eigenvalue weighted by atomic mass is 16.4. The number of benzene rings is 2. The molecule has 52 heavy (non-hydrogen) atoms. The minimum atomic E-state index is -1.78. The third-order valence-electron chi connectivity index (χ3n) is 9.04. The molecule has 5 rings (SSSR count). The summed E-state index contributed by atoms with van der Waals surface area (Å²) in [6.07, 6.45) is 2.45. The summed E-state index contributed by atoms with van der Waals surface area (Å²) in [5.74, 6) is -7.09. The smallest absolute Gasteiger partial charge is 0.326 e. The number of nitrogens with one attached hydrogen (secondary N) is 5. The van der Waals surface area contributed by atoms with Gasteiger partial charge in [-0.25, -0.2) is 4.79 Å². The number of primary amides is 1. The zero-order valence-corrected chi connectivity index (χ0v) is 28.0. The van der Waals surface area contributed by atoms with E-state index in [0.29, 0.717) is 12.0 Å². The normalized spacial score (nSPS) is 16.5. The molecular weight excluding hydrogens is 676 g/mol. The molecule has 11 N–H and O–H groups in total. The number of fused-ring (bicyclic) bond motifs is 2. The Labute approximate surface area is 296 Å². The average molecular weight is 717 g/mol. The number of aromatic amines is 2. The number of nitrogens with zero attached hydrogens (tertiary/aromatic N) is 1. The van der Waals surface area contributed by atoms with Gasteiger partial charge in [-0.2, -0.15) is 0 Å². The number of aromatic nitrogens is 2. The van der Waals surface area contributed by atoms with E-state index in [4.69, 9.17) is 11.5 Å². The van der Waals surface area contributed by atoms with Crippen molar-refractivity contribution in [2.75, 3.05) is 6.54 Å². The van der Waals surface area contributed by atoms with Crippen LogP contribution in [-0.4, -0.2) is 103 Å². The Balaban J connectivity index is 1.32. The molecule has 5 atom stereocenters. The van der Waals surface area contributed by atoms with Gasteiger partial charge in [-0.1, -0.05) is 36.4 Å². The number of H-pyrrole nitrogens is 2. The van der Waals surface area contributed by atoms with Crippen LogP contribution in [0.25, 0.3) is 21.8 Å². The van der Waals surface area contributed by atoms with Crippen LogP contribution >= 0.6 is 0 Å². The van der Waals surface area contributed by atoms with Crippen LogP contribution in [0, 0.1) is 0 Å². The average Bonchev–Trinajstić information content (AvgIpc) is 3.86. The van der Waals surface area contributed by atoms with Crippen LogP contribution < -0.4 is 27.4 Å². The first-order valence-corrected chi connectivity index (χ1v) is 16.6. The van der Waals surface area contributed by atoms with E-state index in [-0.39, 0.29) is 25.8 Å². The highest BCUT2D eigenvalue weighted by Crippen LogP contribution is 2.23. The second-order valence-electron chi connectivity index (χ2n) is 12.7. The van der Waals surface area contributed by atoms with E-state index in [1.807, 2.05) is 24.3 Å². The first-order valence-electron chi connectivity index (χ1n) is 16.6. The van der Waals surface area contributed by atoms with Gasteiger partial charge >= 0.3 is 11.9 Å². The maximum Gasteiger partial charge on any atom is 0.326 e. The summed E-state index contributed by atoms with van der Waals surface area (Å²) in [6.45, 7) is 0.0858. The number of carbonyl (C=O) groups excluding carboxylic acids is 5. The van der Waals surface area contributed by atoms with Crippen molar-refractivity contribution >= 4 is 63.3 Å². The highest BCUT2D eigenvalue weighted by molar-refractivity contribution is 5.98. The molecule has 17 heteroatoms. The van der Waals surface area contributed by atoms with Crippen molar-refractivity contribution in [1.82, 2.24) is 30.8 Å². The minimum absolute atomic E-state index is 0.0858. The molecule has 0 spiro atoms. The lowest BCUT2D eigenvalue weighted by molar-refractivity contribution is -0.147. The van der Waals surface area contributed by atoms with Gasteiger partial charge in [-0.15, -0.1) is 0 Å². The molecule has 1 aliphatic heterocycles. The number of carboxylic acid groups (broad SMARTS) is 2. The van der Waals surface area contributed by atoms with E-state index in [0.717, 1.165) is 27.4 Å². The molecule has 2 aromatic carbocycles. The minimum Gasteiger partial charge on any atom is -0.481 e. The van der Waals surface area contributed by atoms with Crippen molar-refractivity contribution in [2.24, 2.45) is 11.5 Å². The fraction of sp³-hybridized carbons (Fsp3) is 0.343. The summed E-state index contributed by atoms with van der Waals surface area (Å²) in [4.78, 5) is 96.8. The van der Waals surface area contributed by atoms with Crippen molar-refractivity contribution in [3.63, 3.8) is 0 Å². The van der Waals surface area contributed by atoms with Gasteiger partial charge in [0.1, 0.15) is 24.2 Å². The molecule has 0 aliphatic carbocycles. The third kappa shape index (κ3) is 8.73. The molecule has 274 valence electrons. The molecule has 0 bridgehead atoms. The number of carbonyl (C=O) groups is 7. The van der Waals surface area contributed by atoms with Crippen LogP contribution in [0.5, 0.6) is 0 Å². The van der Waals surface area contributed by atoms with Gasteiger partial charge in [-0.05, 0) is 42.5 Å². The molecule has 0 radical (unpaired) electrons. The number of hydrogen-bond acceptors (Lipinski definition) is 8. The lowest BCUT2D eigenvalue weighted by Crippen LogP contribution is -2.59. The number of carboxylic acids is 2. The van der Waals surface area contributed by atoms with Crippen LogP contribution in [0.15, 0.2) is 60.9 Å². The molecule has 5 amide bonds. The second kappa shape index (κ2) is 16.2. The Bertz CT molecular complexity index is 2010. The summed E-state index contributed by atoms with van der Waals surface area (Å²) in [6, 6.07) is 7.79. The molecule has 1 saturated heterocycles. The number of amides is 5. The van der Waals surface area contributed by atoms with Crippen molar-refractivity contribution in [3.05, 3.63) is 72.1 Å². The quantitative estimate of drug-likeness (QED) is 0.0726. The largest absolute Gasteiger partial charge is 0.481 e. The van der Waals surface area contributed by atoms with Gasteiger partial charge < -0.3 is 52.5 Å². The number of aliphatic carboxylic acids is 2. The van der Waals surface area contributed by atoms with E-state index in [1.165, 1.54) is 4.90 Å². The molecule has 0 saturated carbocycles. The van der Waals surface area contributed by atoms with E-state index >= 15 is 0 Å². The zero-order chi connectivity index (χ0) is 37.5. The number of rotatable bonds is 16. The number of likely N-dealkylation sites (tertiary alicyclic amines) is 1. The van der Waals surface area contributed by atoms with Gasteiger partial charge in [0.15, 0.2) is 0 Å². The lowest BCUT2D eigenvalue weighted by atomic mass is 10.0. The maximum absolute atomic E-state index is 13.9. The van der Waals surface area contributed by atoms with E-state index < -0.39 is 84.5 Å². The lowest BCUT2D eigenvalue weighted by Gasteiger charge is -2.30. The molecule has 2 aromatic heterocycles. The summed E-state index contributed by atoms with van der Waals surface area (Å²) >= 11 is 0. The predicted octanol–water partition coefficient (Wildman–Crippen LogP) is -0.358. The Morgan fingerprint density at radius 3 is 1.92 bits per heavy atom. The molecule has 1 fully saturated rings. The number of para-hydroxylation sites is 2. The molecule has 4 aromatic rings. The van der Waals surface area contributed by atoms with Crippen LogP contribution in [0.4, 0.5) is 0 Å². The van der Waals surface area contributed by atoms with Gasteiger partial charge in [0.05, 0.1) is 18.9 Å². The predicted molar refractivity (Wildman–Crippen MR) is 186 cm³/mol. The second-order valence-corrected chi connectivity index (χ2v) is 12.7. The van der Waals surface area contributed by atoms with Crippen LogP contribution in [-0.2, 0) is 46.4 Å². The zero-order valence-electron chi connectivity index (χ0n) is 28.0. The van der Waals surface area contributed by atoms with Gasteiger partial charge in [0.2, 0.25) is 29.5 Å². The Kier molecular flexibility index (Phi) is 11.5. The summed E-state index contributed by atoms with van der Waals surface area (Å²) < 4.78 is 0. The fourth-order valence-electron chi connectivity index (χ4n) is 6.46. The Morgan fingerprint density at radius 1 is 0.769 bits per heavy atom. The molecule has 0 unspecified atom stereocenters. The van der Waals surface area contributed by atoms with Crippen molar-refractivity contribution in [1.29, 1.82) is 0 Å². The van der Waals surface area contributed by atoms with Gasteiger partial charge in [0.25, 0.3) is 0 Å². The van der Waals surface area contributed by atoms with Crippen LogP contribution in [0.2, 0.25) is 0 Å². The van der Waals surface area contributed by atoms with Crippen molar-refractivity contribution in [2.45, 2.75) is 68.7 Å². The summed E-state index contributed by atoms with van der Waals surface area (Å²) in [5.41, 5.74) is 14.6. The first-order chi connectivity index (χ1) is 24.8. The van der Waals surface area contributed by atoms with Gasteiger partial charge in [0, 0.05) is 47.2 Å². The molecule has 1 aliphatic rings. The number of nitrogens with two attached hydrogens (primary N) is 2. The fourth-order valence-corrected chi connectivity index (χ4v) is 6.46. The topological polar surface area (TPSA) is 283 Å². The maximum atomic E-state index is 13.9. The molecule has 3 heterocycles. The van der Waals surface area contributed by atoms with E-state index in [2.05, 4.69) is 25.9 Å². The van der Waals surface area contributed by atoms with Crippen molar-refractivity contribution in [3.8, 4) is 0 Å². The Hall–Kier alpha value is -6.23.